The molecule has 11 heteroatoms. The summed E-state index contributed by atoms with van der Waals surface area (Å²) in [5.74, 6) is -0.720. The summed E-state index contributed by atoms with van der Waals surface area (Å²) in [4.78, 5) is 14.5. The van der Waals surface area contributed by atoms with E-state index in [1.54, 1.807) is 11.9 Å². The molecular weight excluding hydrogens is 465 g/mol. The number of hydrogen-bond donors (Lipinski definition) is 3. The van der Waals surface area contributed by atoms with Gasteiger partial charge in [-0.3, -0.25) is 9.10 Å². The average molecular weight is 494 g/mol. The lowest BCUT2D eigenvalue weighted by Gasteiger charge is -2.25. The first kappa shape index (κ1) is 25.6. The van der Waals surface area contributed by atoms with Crippen LogP contribution in [0, 0.1) is 5.82 Å². The minimum atomic E-state index is -3.69. The fourth-order valence-corrected chi connectivity index (χ4v) is 4.19. The number of likely N-dealkylation sites (N-methyl/N-ethyl adjacent to an activating group) is 1. The van der Waals surface area contributed by atoms with Gasteiger partial charge < -0.3 is 24.8 Å². The molecule has 34 heavy (non-hydrogen) atoms. The van der Waals surface area contributed by atoms with Crippen molar-refractivity contribution in [3.8, 4) is 11.3 Å². The smallest absolute Gasteiger partial charge is 0.255 e. The van der Waals surface area contributed by atoms with Gasteiger partial charge in [0.2, 0.25) is 10.0 Å². The number of aliphatic hydroxyl groups excluding tert-OH is 2. The number of aliphatic hydroxyl groups is 2. The summed E-state index contributed by atoms with van der Waals surface area (Å²) in [6, 6.07) is 8.42. The molecule has 3 aromatic rings. The SMILES string of the molecule is CNC(=O)c1c(-c2ccc(F)cc2)oc2cc(N(C)S(C)(=O)=O)c(C(O)CN(C)CCO)cc12. The number of anilines is 1. The lowest BCUT2D eigenvalue weighted by molar-refractivity contribution is 0.0964. The predicted molar refractivity (Wildman–Crippen MR) is 128 cm³/mol. The molecule has 0 saturated heterocycles. The van der Waals surface area contributed by atoms with Crippen LogP contribution in [-0.4, -0.2) is 76.5 Å². The molecule has 0 bridgehead atoms. The second-order valence-electron chi connectivity index (χ2n) is 8.03. The summed E-state index contributed by atoms with van der Waals surface area (Å²) in [6.07, 6.45) is -0.102. The lowest BCUT2D eigenvalue weighted by Crippen LogP contribution is -2.30. The summed E-state index contributed by atoms with van der Waals surface area (Å²) < 4.78 is 45.1. The van der Waals surface area contributed by atoms with Crippen molar-refractivity contribution < 1.29 is 32.2 Å². The maximum Gasteiger partial charge on any atom is 0.255 e. The second kappa shape index (κ2) is 10.1. The quantitative estimate of drug-likeness (QED) is 0.416. The van der Waals surface area contributed by atoms with E-state index < -0.39 is 27.9 Å². The van der Waals surface area contributed by atoms with Gasteiger partial charge in [-0.25, -0.2) is 12.8 Å². The summed E-state index contributed by atoms with van der Waals surface area (Å²) in [7, 11) is 0.826. The molecule has 184 valence electrons. The van der Waals surface area contributed by atoms with Gasteiger partial charge in [0.05, 0.1) is 30.2 Å². The zero-order valence-corrected chi connectivity index (χ0v) is 20.2. The van der Waals surface area contributed by atoms with Crippen LogP contribution in [0.25, 0.3) is 22.3 Å². The van der Waals surface area contributed by atoms with Crippen molar-refractivity contribution in [1.82, 2.24) is 10.2 Å². The van der Waals surface area contributed by atoms with E-state index in [0.717, 1.165) is 10.6 Å². The highest BCUT2D eigenvalue weighted by atomic mass is 32.2. The molecular formula is C23H28FN3O6S. The molecule has 1 atom stereocenters. The highest BCUT2D eigenvalue weighted by molar-refractivity contribution is 7.92. The van der Waals surface area contributed by atoms with Crippen LogP contribution in [0.2, 0.25) is 0 Å². The van der Waals surface area contributed by atoms with Crippen LogP contribution in [0.4, 0.5) is 10.1 Å². The van der Waals surface area contributed by atoms with E-state index >= 15 is 0 Å². The van der Waals surface area contributed by atoms with Gasteiger partial charge >= 0.3 is 0 Å². The zero-order valence-electron chi connectivity index (χ0n) is 19.4. The average Bonchev–Trinajstić information content (AvgIpc) is 3.15. The molecule has 1 heterocycles. The number of halogens is 1. The topological polar surface area (TPSA) is 123 Å². The van der Waals surface area contributed by atoms with E-state index in [0.29, 0.717) is 17.5 Å². The van der Waals surface area contributed by atoms with Crippen LogP contribution in [-0.2, 0) is 10.0 Å². The van der Waals surface area contributed by atoms with Crippen molar-refractivity contribution in [3.63, 3.8) is 0 Å². The molecule has 0 spiro atoms. The van der Waals surface area contributed by atoms with Crippen LogP contribution in [0.1, 0.15) is 22.0 Å². The maximum atomic E-state index is 13.5. The van der Waals surface area contributed by atoms with Gasteiger partial charge in [0, 0.05) is 49.8 Å². The van der Waals surface area contributed by atoms with Gasteiger partial charge in [-0.15, -0.1) is 0 Å². The molecule has 0 radical (unpaired) electrons. The monoisotopic (exact) mass is 493 g/mol. The standard InChI is InChI=1S/C23H28FN3O6S/c1-25-23(30)21-17-11-16(19(29)13-26(2)9-10-28)18(27(3)34(4,31)32)12-20(17)33-22(21)14-5-7-15(24)8-6-14/h5-8,11-12,19,28-29H,9-10,13H2,1-4H3,(H,25,30). The lowest BCUT2D eigenvalue weighted by atomic mass is 9.99. The fourth-order valence-electron chi connectivity index (χ4n) is 3.68. The number of sulfonamides is 1. The Morgan fingerprint density at radius 2 is 1.85 bits per heavy atom. The van der Waals surface area contributed by atoms with Crippen molar-refractivity contribution in [2.75, 3.05) is 51.4 Å². The van der Waals surface area contributed by atoms with Crippen LogP contribution in [0.15, 0.2) is 40.8 Å². The molecule has 0 saturated carbocycles. The number of benzene rings is 2. The maximum absolute atomic E-state index is 13.5. The summed E-state index contributed by atoms with van der Waals surface area (Å²) >= 11 is 0. The molecule has 0 fully saturated rings. The van der Waals surface area contributed by atoms with Gasteiger partial charge in [-0.05, 0) is 37.4 Å². The number of fused-ring (bicyclic) bond motifs is 1. The first-order valence-corrected chi connectivity index (χ1v) is 12.3. The van der Waals surface area contributed by atoms with Crippen LogP contribution < -0.4 is 9.62 Å². The molecule has 1 amide bonds. The molecule has 3 rings (SSSR count). The Kier molecular flexibility index (Phi) is 7.61. The summed E-state index contributed by atoms with van der Waals surface area (Å²) in [5, 5.41) is 23.1. The summed E-state index contributed by atoms with van der Waals surface area (Å²) in [5.41, 5.74) is 1.31. The third-order valence-electron chi connectivity index (χ3n) is 5.56. The van der Waals surface area contributed by atoms with E-state index in [9.17, 15) is 27.8 Å². The fraction of sp³-hybridized carbons (Fsp3) is 0.348. The Bertz CT molecular complexity index is 1290. The number of rotatable bonds is 9. The van der Waals surface area contributed by atoms with E-state index in [1.165, 1.54) is 50.5 Å². The van der Waals surface area contributed by atoms with Gasteiger partial charge in [-0.2, -0.15) is 0 Å². The minimum absolute atomic E-state index is 0.106. The van der Waals surface area contributed by atoms with Gasteiger partial charge in [0.25, 0.3) is 5.91 Å². The summed E-state index contributed by atoms with van der Waals surface area (Å²) in [6.45, 7) is 0.303. The molecule has 2 aromatic carbocycles. The molecule has 1 unspecified atom stereocenters. The molecule has 1 aromatic heterocycles. The Morgan fingerprint density at radius 1 is 1.21 bits per heavy atom. The highest BCUT2D eigenvalue weighted by Crippen LogP contribution is 2.39. The van der Waals surface area contributed by atoms with E-state index in [4.69, 9.17) is 4.42 Å². The molecule has 3 N–H and O–H groups in total. The number of hydrogen-bond acceptors (Lipinski definition) is 7. The van der Waals surface area contributed by atoms with Gasteiger partial charge in [0.1, 0.15) is 17.2 Å². The number of furan rings is 1. The zero-order chi connectivity index (χ0) is 25.2. The van der Waals surface area contributed by atoms with Gasteiger partial charge in [-0.1, -0.05) is 0 Å². The van der Waals surface area contributed by atoms with Crippen LogP contribution in [0.3, 0.4) is 0 Å². The third-order valence-corrected chi connectivity index (χ3v) is 6.75. The van der Waals surface area contributed by atoms with Crippen molar-refractivity contribution in [2.24, 2.45) is 0 Å². The normalized spacial score (nSPS) is 12.8. The number of nitrogens with one attached hydrogen (secondary N) is 1. The molecule has 9 nitrogen and oxygen atoms in total. The Hall–Kier alpha value is -2.99. The van der Waals surface area contributed by atoms with Crippen molar-refractivity contribution in [3.05, 3.63) is 53.3 Å². The number of carbonyl (C=O) groups is 1. The van der Waals surface area contributed by atoms with Crippen molar-refractivity contribution in [1.29, 1.82) is 0 Å². The van der Waals surface area contributed by atoms with Gasteiger partial charge in [0.15, 0.2) is 0 Å². The first-order chi connectivity index (χ1) is 16.0. The molecule has 0 aliphatic heterocycles. The largest absolute Gasteiger partial charge is 0.455 e. The van der Waals surface area contributed by atoms with Crippen LogP contribution >= 0.6 is 0 Å². The van der Waals surface area contributed by atoms with Crippen LogP contribution in [0.5, 0.6) is 0 Å². The minimum Gasteiger partial charge on any atom is -0.455 e. The first-order valence-electron chi connectivity index (χ1n) is 10.5. The Morgan fingerprint density at radius 3 is 2.41 bits per heavy atom. The van der Waals surface area contributed by atoms with E-state index in [-0.39, 0.29) is 41.3 Å². The Labute approximate surface area is 197 Å². The molecule has 0 aliphatic rings. The third kappa shape index (κ3) is 5.22. The predicted octanol–water partition coefficient (Wildman–Crippen LogP) is 1.95. The highest BCUT2D eigenvalue weighted by Gasteiger charge is 2.27. The molecule has 0 aliphatic carbocycles. The van der Waals surface area contributed by atoms with E-state index in [1.807, 2.05) is 0 Å². The van der Waals surface area contributed by atoms with Crippen molar-refractivity contribution in [2.45, 2.75) is 6.10 Å². The van der Waals surface area contributed by atoms with Crippen molar-refractivity contribution >= 4 is 32.6 Å². The number of amides is 1. The number of nitrogens with zero attached hydrogens (tertiary/aromatic N) is 2. The Balaban J connectivity index is 2.30. The number of carbonyl (C=O) groups excluding carboxylic acids is 1. The second-order valence-corrected chi connectivity index (χ2v) is 10.0. The van der Waals surface area contributed by atoms with E-state index in [2.05, 4.69) is 5.32 Å².